The summed E-state index contributed by atoms with van der Waals surface area (Å²) >= 11 is 11.7. The Labute approximate surface area is 122 Å². The largest absolute Gasteiger partial charge is 0.493 e. The van der Waals surface area contributed by atoms with Gasteiger partial charge in [-0.2, -0.15) is 0 Å². The summed E-state index contributed by atoms with van der Waals surface area (Å²) in [5.41, 5.74) is 0. The molecule has 1 aromatic carbocycles. The molecule has 1 heterocycles. The SMILES string of the molecule is O=C(CCOc1ccc(Cl)c(Cl)c1)NCC1CNC1. The molecule has 19 heavy (non-hydrogen) atoms. The number of ether oxygens (including phenoxy) is 1. The molecule has 0 unspecified atom stereocenters. The quantitative estimate of drug-likeness (QED) is 0.846. The Morgan fingerprint density at radius 3 is 2.79 bits per heavy atom. The molecule has 1 aliphatic heterocycles. The maximum Gasteiger partial charge on any atom is 0.223 e. The minimum atomic E-state index is 0.00644. The molecule has 0 spiro atoms. The van der Waals surface area contributed by atoms with Crippen molar-refractivity contribution in [1.29, 1.82) is 0 Å². The summed E-state index contributed by atoms with van der Waals surface area (Å²) in [5, 5.41) is 6.98. The molecule has 1 aliphatic rings. The third-order valence-corrected chi connectivity index (χ3v) is 3.68. The lowest BCUT2D eigenvalue weighted by molar-refractivity contribution is -0.121. The van der Waals surface area contributed by atoms with Crippen LogP contribution in [0.2, 0.25) is 10.0 Å². The number of hydrogen-bond donors (Lipinski definition) is 2. The van der Waals surface area contributed by atoms with E-state index in [0.29, 0.717) is 34.7 Å². The number of halogens is 2. The monoisotopic (exact) mass is 302 g/mol. The van der Waals surface area contributed by atoms with Crippen LogP contribution in [0.25, 0.3) is 0 Å². The average molecular weight is 303 g/mol. The van der Waals surface area contributed by atoms with Crippen molar-refractivity contribution in [3.05, 3.63) is 28.2 Å². The summed E-state index contributed by atoms with van der Waals surface area (Å²) in [4.78, 5) is 11.5. The Hall–Kier alpha value is -0.970. The lowest BCUT2D eigenvalue weighted by Gasteiger charge is -2.27. The Balaban J connectivity index is 1.64. The topological polar surface area (TPSA) is 50.4 Å². The van der Waals surface area contributed by atoms with Gasteiger partial charge >= 0.3 is 0 Å². The van der Waals surface area contributed by atoms with Crippen LogP contribution in [0, 0.1) is 5.92 Å². The highest BCUT2D eigenvalue weighted by molar-refractivity contribution is 6.42. The molecule has 1 saturated heterocycles. The molecule has 6 heteroatoms. The molecule has 0 radical (unpaired) electrons. The van der Waals surface area contributed by atoms with E-state index < -0.39 is 0 Å². The van der Waals surface area contributed by atoms with Crippen LogP contribution in [0.5, 0.6) is 5.75 Å². The third-order valence-electron chi connectivity index (χ3n) is 2.94. The van der Waals surface area contributed by atoms with Gasteiger partial charge in [-0.15, -0.1) is 0 Å². The standard InChI is InChI=1S/C13H16Cl2N2O2/c14-11-2-1-10(5-12(11)15)19-4-3-13(18)17-8-9-6-16-7-9/h1-2,5,9,16H,3-4,6-8H2,(H,17,18). The first kappa shape index (κ1) is 14.4. The molecule has 0 aromatic heterocycles. The van der Waals surface area contributed by atoms with Crippen molar-refractivity contribution in [2.75, 3.05) is 26.2 Å². The van der Waals surface area contributed by atoms with E-state index in [-0.39, 0.29) is 5.91 Å². The smallest absolute Gasteiger partial charge is 0.223 e. The lowest BCUT2D eigenvalue weighted by Crippen LogP contribution is -2.48. The van der Waals surface area contributed by atoms with E-state index >= 15 is 0 Å². The maximum absolute atomic E-state index is 11.5. The van der Waals surface area contributed by atoms with E-state index in [1.165, 1.54) is 0 Å². The molecule has 104 valence electrons. The number of rotatable bonds is 6. The molecule has 0 saturated carbocycles. The lowest BCUT2D eigenvalue weighted by atomic mass is 10.0. The van der Waals surface area contributed by atoms with Gasteiger partial charge in [0.2, 0.25) is 5.91 Å². The minimum Gasteiger partial charge on any atom is -0.493 e. The van der Waals surface area contributed by atoms with Crippen molar-refractivity contribution in [2.45, 2.75) is 6.42 Å². The molecule has 4 nitrogen and oxygen atoms in total. The van der Waals surface area contributed by atoms with Crippen LogP contribution in [0.15, 0.2) is 18.2 Å². The highest BCUT2D eigenvalue weighted by Crippen LogP contribution is 2.26. The van der Waals surface area contributed by atoms with Gasteiger partial charge in [-0.1, -0.05) is 23.2 Å². The van der Waals surface area contributed by atoms with Crippen LogP contribution >= 0.6 is 23.2 Å². The number of carbonyl (C=O) groups excluding carboxylic acids is 1. The zero-order valence-corrected chi connectivity index (χ0v) is 11.9. The van der Waals surface area contributed by atoms with Crippen LogP contribution in [0.3, 0.4) is 0 Å². The van der Waals surface area contributed by atoms with Gasteiger partial charge in [0.15, 0.2) is 0 Å². The number of benzene rings is 1. The fourth-order valence-corrected chi connectivity index (χ4v) is 1.96. The molecule has 2 rings (SSSR count). The second-order valence-electron chi connectivity index (χ2n) is 4.50. The first-order valence-corrected chi connectivity index (χ1v) is 6.96. The maximum atomic E-state index is 11.5. The highest BCUT2D eigenvalue weighted by atomic mass is 35.5. The molecular formula is C13H16Cl2N2O2. The Morgan fingerprint density at radius 2 is 2.16 bits per heavy atom. The molecule has 1 aromatic rings. The van der Waals surface area contributed by atoms with Crippen molar-refractivity contribution in [1.82, 2.24) is 10.6 Å². The number of amides is 1. The van der Waals surface area contributed by atoms with Crippen molar-refractivity contribution >= 4 is 29.1 Å². The summed E-state index contributed by atoms with van der Waals surface area (Å²) in [7, 11) is 0. The van der Waals surface area contributed by atoms with E-state index in [1.54, 1.807) is 18.2 Å². The summed E-state index contributed by atoms with van der Waals surface area (Å²) in [5.74, 6) is 1.19. The highest BCUT2D eigenvalue weighted by Gasteiger charge is 2.16. The predicted molar refractivity (Wildman–Crippen MR) is 75.9 cm³/mol. The zero-order valence-electron chi connectivity index (χ0n) is 10.4. The summed E-state index contributed by atoms with van der Waals surface area (Å²) in [6.45, 7) is 3.03. The van der Waals surface area contributed by atoms with Gasteiger partial charge in [0.1, 0.15) is 5.75 Å². The van der Waals surface area contributed by atoms with Crippen LogP contribution in [-0.4, -0.2) is 32.1 Å². The number of carbonyl (C=O) groups is 1. The van der Waals surface area contributed by atoms with Gasteiger partial charge < -0.3 is 15.4 Å². The number of nitrogens with one attached hydrogen (secondary N) is 2. The van der Waals surface area contributed by atoms with Crippen molar-refractivity contribution in [3.8, 4) is 5.75 Å². The van der Waals surface area contributed by atoms with Crippen molar-refractivity contribution in [3.63, 3.8) is 0 Å². The first-order chi connectivity index (χ1) is 9.15. The summed E-state index contributed by atoms with van der Waals surface area (Å²) in [6, 6.07) is 5.04. The molecular weight excluding hydrogens is 287 g/mol. The van der Waals surface area contributed by atoms with E-state index in [9.17, 15) is 4.79 Å². The molecule has 1 fully saturated rings. The van der Waals surface area contributed by atoms with Crippen LogP contribution < -0.4 is 15.4 Å². The normalized spacial score (nSPS) is 14.8. The molecule has 0 atom stereocenters. The van der Waals surface area contributed by atoms with Gasteiger partial charge in [0, 0.05) is 31.6 Å². The van der Waals surface area contributed by atoms with Gasteiger partial charge in [0.25, 0.3) is 0 Å². The Morgan fingerprint density at radius 1 is 1.37 bits per heavy atom. The molecule has 0 bridgehead atoms. The fourth-order valence-electron chi connectivity index (χ4n) is 1.67. The van der Waals surface area contributed by atoms with E-state index in [2.05, 4.69) is 10.6 Å². The van der Waals surface area contributed by atoms with Crippen LogP contribution in [0.4, 0.5) is 0 Å². The van der Waals surface area contributed by atoms with Gasteiger partial charge in [-0.05, 0) is 12.1 Å². The van der Waals surface area contributed by atoms with Gasteiger partial charge in [-0.25, -0.2) is 0 Å². The first-order valence-electron chi connectivity index (χ1n) is 6.20. The van der Waals surface area contributed by atoms with E-state index in [4.69, 9.17) is 27.9 Å². The van der Waals surface area contributed by atoms with Gasteiger partial charge in [-0.3, -0.25) is 4.79 Å². The van der Waals surface area contributed by atoms with E-state index in [1.807, 2.05) is 0 Å². The zero-order chi connectivity index (χ0) is 13.7. The molecule has 0 aliphatic carbocycles. The van der Waals surface area contributed by atoms with E-state index in [0.717, 1.165) is 19.6 Å². The van der Waals surface area contributed by atoms with Crippen LogP contribution in [0.1, 0.15) is 6.42 Å². The summed E-state index contributed by atoms with van der Waals surface area (Å²) < 4.78 is 5.44. The van der Waals surface area contributed by atoms with Gasteiger partial charge in [0.05, 0.1) is 23.1 Å². The Kier molecular flexibility index (Phi) is 5.31. The average Bonchev–Trinajstić information content (AvgIpc) is 2.32. The summed E-state index contributed by atoms with van der Waals surface area (Å²) in [6.07, 6.45) is 0.334. The molecule has 2 N–H and O–H groups in total. The minimum absolute atomic E-state index is 0.00644. The second-order valence-corrected chi connectivity index (χ2v) is 5.32. The number of hydrogen-bond acceptors (Lipinski definition) is 3. The van der Waals surface area contributed by atoms with Crippen LogP contribution in [-0.2, 0) is 4.79 Å². The Bertz CT molecular complexity index is 450. The molecule has 1 amide bonds. The fraction of sp³-hybridized carbons (Fsp3) is 0.462. The second kappa shape index (κ2) is 6.98. The van der Waals surface area contributed by atoms with Crippen molar-refractivity contribution in [2.24, 2.45) is 5.92 Å². The van der Waals surface area contributed by atoms with Crippen molar-refractivity contribution < 1.29 is 9.53 Å². The predicted octanol–water partition coefficient (Wildman–Crippen LogP) is 2.10. The third kappa shape index (κ3) is 4.56.